The number of hydrogen-bond acceptors (Lipinski definition) is 12. The lowest BCUT2D eigenvalue weighted by Gasteiger charge is -2.30. The fraction of sp³-hybridized carbons (Fsp3) is 0.500. The molecule has 14 nitrogen and oxygen atoms in total. The van der Waals surface area contributed by atoms with E-state index >= 15 is 0 Å². The smallest absolute Gasteiger partial charge is 0.407 e. The molecule has 400 valence electrons. The van der Waals surface area contributed by atoms with Crippen molar-refractivity contribution in [2.75, 3.05) is 13.2 Å². The van der Waals surface area contributed by atoms with Gasteiger partial charge in [-0.05, 0) is 104 Å². The molecule has 0 bridgehead atoms. The van der Waals surface area contributed by atoms with Crippen LogP contribution in [0, 0.1) is 23.7 Å². The summed E-state index contributed by atoms with van der Waals surface area (Å²) in [5, 5.41) is 32.9. The highest BCUT2D eigenvalue weighted by molar-refractivity contribution is 5.72. The topological polar surface area (TPSA) is 169 Å². The third-order valence-electron chi connectivity index (χ3n) is 12.4. The van der Waals surface area contributed by atoms with E-state index in [0.29, 0.717) is 26.1 Å². The monoisotopic (exact) mass is 1020 g/mol. The Labute approximate surface area is 439 Å². The number of aliphatic hydroxyl groups is 2. The van der Waals surface area contributed by atoms with Gasteiger partial charge in [0.1, 0.15) is 30.0 Å². The van der Waals surface area contributed by atoms with Gasteiger partial charge in [0, 0.05) is 38.3 Å². The molecule has 0 aliphatic carbocycles. The molecule has 14 heteroatoms. The van der Waals surface area contributed by atoms with Crippen LogP contribution in [0.25, 0.3) is 0 Å². The van der Waals surface area contributed by atoms with Crippen molar-refractivity contribution >= 4 is 12.1 Å². The molecule has 4 aromatic rings. The van der Waals surface area contributed by atoms with Crippen LogP contribution in [-0.2, 0) is 59.4 Å². The first-order valence-corrected chi connectivity index (χ1v) is 25.6. The highest BCUT2D eigenvalue weighted by Gasteiger charge is 2.35. The van der Waals surface area contributed by atoms with E-state index in [1.807, 2.05) is 114 Å². The Kier molecular flexibility index (Phi) is 22.7. The van der Waals surface area contributed by atoms with Crippen LogP contribution in [0.5, 0.6) is 0 Å². The molecule has 3 aliphatic heterocycles. The number of carboxylic acids is 1. The number of nitrogens with one attached hydrogen (secondary N) is 1. The van der Waals surface area contributed by atoms with Crippen LogP contribution in [0.2, 0.25) is 0 Å². The van der Waals surface area contributed by atoms with Crippen molar-refractivity contribution in [3.8, 4) is 23.7 Å². The second-order valence-electron chi connectivity index (χ2n) is 20.8. The Morgan fingerprint density at radius 3 is 1.27 bits per heavy atom. The van der Waals surface area contributed by atoms with E-state index in [0.717, 1.165) is 26.2 Å². The lowest BCUT2D eigenvalue weighted by molar-refractivity contribution is -0.149. The number of benzene rings is 4. The summed E-state index contributed by atoms with van der Waals surface area (Å²) in [7, 11) is 0. The van der Waals surface area contributed by atoms with Crippen LogP contribution >= 0.6 is 0 Å². The van der Waals surface area contributed by atoms with E-state index in [1.165, 1.54) is 22.3 Å². The second kappa shape index (κ2) is 28.3. The summed E-state index contributed by atoms with van der Waals surface area (Å²) in [5.41, 5.74) is 4.28. The largest absolute Gasteiger partial charge is 0.479 e. The van der Waals surface area contributed by atoms with Gasteiger partial charge in [-0.2, -0.15) is 0 Å². The molecule has 0 unspecified atom stereocenters. The average molecular weight is 1020 g/mol. The van der Waals surface area contributed by atoms with E-state index in [2.05, 4.69) is 87.3 Å². The van der Waals surface area contributed by atoms with E-state index < -0.39 is 47.5 Å². The standard InChI is InChI=1S/2C24H29NO3.C12H21NO5/c2*1-19(23(26)15-14-22-18-27-24(2,3)28-22)25(16-20-10-6-4-7-11-20)17-21-12-8-5-9-13-21;1-7(13-11(16)18-12(2,3)4)8-5-6-9(17-8)10(14)15/h2*4-13,19,22-23,26H,16-18H2,1-3H3;7-9H,5-6H2,1-4H3,(H,13,16)(H,14,15)/t19-,22-,23+;19-,22-,23-;7-,8-,9-/m110/s1. The molecule has 3 fully saturated rings. The maximum absolute atomic E-state index is 11.5. The Morgan fingerprint density at radius 1 is 0.635 bits per heavy atom. The van der Waals surface area contributed by atoms with Crippen molar-refractivity contribution in [2.24, 2.45) is 0 Å². The molecule has 7 rings (SSSR count). The third kappa shape index (κ3) is 20.9. The lowest BCUT2D eigenvalue weighted by Crippen LogP contribution is -2.43. The van der Waals surface area contributed by atoms with Gasteiger partial charge in [-0.25, -0.2) is 9.59 Å². The number of rotatable bonds is 15. The minimum atomic E-state index is -0.957. The van der Waals surface area contributed by atoms with Gasteiger partial charge in [0.2, 0.25) is 0 Å². The molecule has 3 heterocycles. The molecule has 1 amide bonds. The predicted octanol–water partition coefficient (Wildman–Crippen LogP) is 8.72. The Morgan fingerprint density at radius 2 is 0.986 bits per heavy atom. The summed E-state index contributed by atoms with van der Waals surface area (Å²) in [4.78, 5) is 26.8. The number of alkyl carbamates (subject to hydrolysis) is 1. The van der Waals surface area contributed by atoms with Gasteiger partial charge >= 0.3 is 12.1 Å². The number of hydrogen-bond donors (Lipinski definition) is 4. The van der Waals surface area contributed by atoms with Gasteiger partial charge in [0.05, 0.1) is 25.4 Å². The van der Waals surface area contributed by atoms with Crippen LogP contribution < -0.4 is 5.32 Å². The number of ether oxygens (including phenoxy) is 6. The zero-order valence-electron chi connectivity index (χ0n) is 44.9. The molecule has 74 heavy (non-hydrogen) atoms. The van der Waals surface area contributed by atoms with Gasteiger partial charge in [-0.3, -0.25) is 9.80 Å². The number of amides is 1. The molecular formula is C60H79N3O11. The van der Waals surface area contributed by atoms with Crippen molar-refractivity contribution in [3.63, 3.8) is 0 Å². The summed E-state index contributed by atoms with van der Waals surface area (Å²) in [5.74, 6) is 9.83. The number of carboxylic acid groups (broad SMARTS) is 1. The van der Waals surface area contributed by atoms with E-state index in [1.54, 1.807) is 27.7 Å². The SMILES string of the molecule is C[C@H](NC(=O)OC(C)(C)C)[C@@H]1CC[C@@H](C(=O)O)O1.C[C@H]([C@@H](O)C#C[C@@H]1COC(C)(C)O1)N(Cc1ccccc1)Cc1ccccc1.C[C@H]([C@H](O)C#C[C@@H]1COC(C)(C)O1)N(Cc1ccccc1)Cc1ccccc1. The van der Waals surface area contributed by atoms with Gasteiger partial charge in [0.15, 0.2) is 17.7 Å². The molecule has 0 aromatic heterocycles. The van der Waals surface area contributed by atoms with Gasteiger partial charge in [-0.15, -0.1) is 0 Å². The lowest BCUT2D eigenvalue weighted by atomic mass is 10.1. The summed E-state index contributed by atoms with van der Waals surface area (Å²) in [6.07, 6.45) is -2.62. The van der Waals surface area contributed by atoms with E-state index in [4.69, 9.17) is 33.5 Å². The van der Waals surface area contributed by atoms with Crippen LogP contribution in [-0.4, -0.2) is 122 Å². The molecule has 0 saturated carbocycles. The van der Waals surface area contributed by atoms with Gasteiger partial charge in [-0.1, -0.05) is 145 Å². The highest BCUT2D eigenvalue weighted by Crippen LogP contribution is 2.25. The predicted molar refractivity (Wildman–Crippen MR) is 285 cm³/mol. The maximum Gasteiger partial charge on any atom is 0.407 e. The Balaban J connectivity index is 0.000000211. The molecule has 3 saturated heterocycles. The second-order valence-corrected chi connectivity index (χ2v) is 20.8. The number of aliphatic carboxylic acids is 1. The first-order valence-electron chi connectivity index (χ1n) is 25.6. The highest BCUT2D eigenvalue weighted by atomic mass is 16.7. The number of nitrogens with zero attached hydrogens (tertiary/aromatic N) is 2. The minimum Gasteiger partial charge on any atom is -0.479 e. The molecule has 0 radical (unpaired) electrons. The van der Waals surface area contributed by atoms with Crippen LogP contribution in [0.4, 0.5) is 4.79 Å². The third-order valence-corrected chi connectivity index (χ3v) is 12.4. The number of carbonyl (C=O) groups is 2. The first-order chi connectivity index (χ1) is 35.0. The van der Waals surface area contributed by atoms with Crippen LogP contribution in [0.1, 0.15) is 104 Å². The molecule has 4 aromatic carbocycles. The minimum absolute atomic E-state index is 0.136. The van der Waals surface area contributed by atoms with Crippen molar-refractivity contribution < 1.29 is 53.3 Å². The van der Waals surface area contributed by atoms with Gasteiger partial charge < -0.3 is 49.1 Å². The van der Waals surface area contributed by atoms with Crippen molar-refractivity contribution in [1.82, 2.24) is 15.1 Å². The van der Waals surface area contributed by atoms with Gasteiger partial charge in [0.25, 0.3) is 0 Å². The fourth-order valence-corrected chi connectivity index (χ4v) is 8.27. The molecular weight excluding hydrogens is 939 g/mol. The first kappa shape index (κ1) is 59.3. The van der Waals surface area contributed by atoms with Crippen LogP contribution in [0.15, 0.2) is 121 Å². The summed E-state index contributed by atoms with van der Waals surface area (Å²) < 4.78 is 33.0. The fourth-order valence-electron chi connectivity index (χ4n) is 8.27. The van der Waals surface area contributed by atoms with Crippen molar-refractivity contribution in [2.45, 2.75) is 180 Å². The molecule has 0 spiro atoms. The molecule has 4 N–H and O–H groups in total. The normalized spacial score (nSPS) is 21.6. The zero-order chi connectivity index (χ0) is 53.9. The quantitative estimate of drug-likeness (QED) is 0.0836. The molecule has 9 atom stereocenters. The van der Waals surface area contributed by atoms with E-state index in [-0.39, 0.29) is 36.4 Å². The summed E-state index contributed by atoms with van der Waals surface area (Å²) in [6.45, 7) is 22.5. The Hall–Kier alpha value is -5.62. The van der Waals surface area contributed by atoms with E-state index in [9.17, 15) is 19.8 Å². The van der Waals surface area contributed by atoms with Crippen LogP contribution in [0.3, 0.4) is 0 Å². The zero-order valence-corrected chi connectivity index (χ0v) is 44.9. The maximum atomic E-state index is 11.5. The summed E-state index contributed by atoms with van der Waals surface area (Å²) in [6, 6.07) is 40.7. The summed E-state index contributed by atoms with van der Waals surface area (Å²) >= 11 is 0. The average Bonchev–Trinajstić information content (AvgIpc) is 4.10. The van der Waals surface area contributed by atoms with Crippen molar-refractivity contribution in [1.29, 1.82) is 0 Å². The number of carbonyl (C=O) groups excluding carboxylic acids is 1. The Bertz CT molecular complexity index is 2210. The molecule has 3 aliphatic rings. The van der Waals surface area contributed by atoms with Crippen molar-refractivity contribution in [3.05, 3.63) is 144 Å². The number of aliphatic hydroxyl groups excluding tert-OH is 2.